The second kappa shape index (κ2) is 10.1. The lowest BCUT2D eigenvalue weighted by Crippen LogP contribution is -1.99. The van der Waals surface area contributed by atoms with Crippen LogP contribution in [-0.4, -0.2) is 26.2 Å². The zero-order chi connectivity index (χ0) is 20.6. The van der Waals surface area contributed by atoms with Gasteiger partial charge in [-0.15, -0.1) is 0 Å². The second-order valence-corrected chi connectivity index (χ2v) is 5.89. The van der Waals surface area contributed by atoms with E-state index in [4.69, 9.17) is 0 Å². The van der Waals surface area contributed by atoms with Crippen molar-refractivity contribution >= 4 is 11.9 Å². The van der Waals surface area contributed by atoms with E-state index in [1.807, 2.05) is 27.7 Å². The number of carbonyl (C=O) groups is 1. The Labute approximate surface area is 159 Å². The van der Waals surface area contributed by atoms with Crippen LogP contribution in [0.25, 0.3) is 6.08 Å². The van der Waals surface area contributed by atoms with Crippen LogP contribution in [0.4, 0.5) is 0 Å². The van der Waals surface area contributed by atoms with Crippen LogP contribution in [0.1, 0.15) is 49.2 Å². The summed E-state index contributed by atoms with van der Waals surface area (Å²) < 4.78 is 0. The predicted molar refractivity (Wildman–Crippen MR) is 107 cm³/mol. The van der Waals surface area contributed by atoms with E-state index in [9.17, 15) is 25.2 Å². The van der Waals surface area contributed by atoms with Gasteiger partial charge in [-0.3, -0.25) is 4.79 Å². The molecule has 0 heterocycles. The molecule has 0 spiro atoms. The number of hydrogen-bond acceptors (Lipinski definition) is 5. The van der Waals surface area contributed by atoms with Gasteiger partial charge in [0.1, 0.15) is 28.6 Å². The molecule has 0 aliphatic carbocycles. The minimum atomic E-state index is -0.596. The van der Waals surface area contributed by atoms with Gasteiger partial charge >= 0.3 is 0 Å². The van der Waals surface area contributed by atoms with Crippen LogP contribution in [0, 0.1) is 0 Å². The second-order valence-electron chi connectivity index (χ2n) is 5.89. The van der Waals surface area contributed by atoms with E-state index < -0.39 is 17.3 Å². The van der Waals surface area contributed by atoms with Gasteiger partial charge in [-0.2, -0.15) is 0 Å². The number of benzene rings is 2. The molecule has 144 valence electrons. The van der Waals surface area contributed by atoms with Gasteiger partial charge in [-0.05, 0) is 44.0 Å². The molecule has 0 unspecified atom stereocenters. The number of phenols is 4. The van der Waals surface area contributed by atoms with E-state index in [2.05, 4.69) is 0 Å². The van der Waals surface area contributed by atoms with Crippen LogP contribution in [0.2, 0.25) is 0 Å². The minimum absolute atomic E-state index is 0.112. The van der Waals surface area contributed by atoms with Gasteiger partial charge in [-0.1, -0.05) is 43.7 Å². The molecule has 5 nitrogen and oxygen atoms in total. The van der Waals surface area contributed by atoms with Crippen LogP contribution < -0.4 is 0 Å². The molecule has 0 saturated carbocycles. The molecule has 0 aliphatic rings. The van der Waals surface area contributed by atoms with Crippen molar-refractivity contribution < 1.29 is 25.2 Å². The van der Waals surface area contributed by atoms with Gasteiger partial charge in [0.05, 0.1) is 0 Å². The van der Waals surface area contributed by atoms with Gasteiger partial charge in [0.15, 0.2) is 5.78 Å². The molecule has 0 aliphatic heterocycles. The maximum atomic E-state index is 12.4. The van der Waals surface area contributed by atoms with Crippen molar-refractivity contribution in [3.8, 4) is 23.0 Å². The van der Waals surface area contributed by atoms with Crippen molar-refractivity contribution in [2.45, 2.75) is 34.1 Å². The average molecular weight is 370 g/mol. The maximum absolute atomic E-state index is 12.4. The zero-order valence-electron chi connectivity index (χ0n) is 16.0. The van der Waals surface area contributed by atoms with Crippen molar-refractivity contribution in [3.63, 3.8) is 0 Å². The van der Waals surface area contributed by atoms with E-state index in [1.54, 1.807) is 18.2 Å². The summed E-state index contributed by atoms with van der Waals surface area (Å²) in [6.45, 7) is 7.75. The molecule has 0 bridgehead atoms. The number of aromatic hydroxyl groups is 4. The van der Waals surface area contributed by atoms with E-state index in [0.717, 1.165) is 11.6 Å². The Kier molecular flexibility index (Phi) is 8.14. The van der Waals surface area contributed by atoms with Crippen molar-refractivity contribution in [2.24, 2.45) is 0 Å². The van der Waals surface area contributed by atoms with E-state index >= 15 is 0 Å². The first-order valence-electron chi connectivity index (χ1n) is 8.71. The Morgan fingerprint density at radius 3 is 2.11 bits per heavy atom. The Balaban J connectivity index is 0.00000176. The molecule has 0 saturated heterocycles. The summed E-state index contributed by atoms with van der Waals surface area (Å²) in [4.78, 5) is 12.4. The molecule has 0 amide bonds. The van der Waals surface area contributed by atoms with Crippen LogP contribution in [0.15, 0.2) is 48.1 Å². The summed E-state index contributed by atoms with van der Waals surface area (Å²) in [5, 5.41) is 39.5. The topological polar surface area (TPSA) is 98.0 Å². The third kappa shape index (κ3) is 5.92. The minimum Gasteiger partial charge on any atom is -0.508 e. The average Bonchev–Trinajstić information content (AvgIpc) is 2.62. The quantitative estimate of drug-likeness (QED) is 0.339. The number of hydrogen-bond donors (Lipinski definition) is 4. The van der Waals surface area contributed by atoms with E-state index in [-0.39, 0.29) is 29.0 Å². The Morgan fingerprint density at radius 1 is 0.963 bits per heavy atom. The highest BCUT2D eigenvalue weighted by Gasteiger charge is 2.20. The first-order valence-corrected chi connectivity index (χ1v) is 8.71. The fourth-order valence-electron chi connectivity index (χ4n) is 2.27. The number of phenolic OH excluding ortho intramolecular Hbond substituents is 4. The third-order valence-electron chi connectivity index (χ3n) is 3.64. The highest BCUT2D eigenvalue weighted by atomic mass is 16.3. The first-order chi connectivity index (χ1) is 12.8. The third-order valence-corrected chi connectivity index (χ3v) is 3.64. The van der Waals surface area contributed by atoms with Crippen molar-refractivity contribution in [1.82, 2.24) is 0 Å². The van der Waals surface area contributed by atoms with Crippen LogP contribution in [0.3, 0.4) is 0 Å². The molecule has 2 aromatic rings. The lowest BCUT2D eigenvalue weighted by atomic mass is 9.99. The van der Waals surface area contributed by atoms with Crippen LogP contribution in [0.5, 0.6) is 23.0 Å². The monoisotopic (exact) mass is 370 g/mol. The molecular weight excluding hydrogens is 344 g/mol. The van der Waals surface area contributed by atoms with E-state index in [0.29, 0.717) is 5.56 Å². The smallest absolute Gasteiger partial charge is 0.193 e. The summed E-state index contributed by atoms with van der Waals surface area (Å²) in [6.07, 6.45) is 4.75. The molecule has 0 radical (unpaired) electrons. The van der Waals surface area contributed by atoms with Crippen LogP contribution in [-0.2, 0) is 6.42 Å². The van der Waals surface area contributed by atoms with Gasteiger partial charge in [0, 0.05) is 11.6 Å². The largest absolute Gasteiger partial charge is 0.508 e. The fraction of sp³-hybridized carbons (Fsp3) is 0.227. The first kappa shape index (κ1) is 21.8. The number of allylic oxidation sites excluding steroid dienone is 3. The Morgan fingerprint density at radius 2 is 1.56 bits per heavy atom. The number of carbonyl (C=O) groups excluding carboxylic acids is 1. The summed E-state index contributed by atoms with van der Waals surface area (Å²) in [5.41, 5.74) is 1.59. The van der Waals surface area contributed by atoms with Gasteiger partial charge in [0.2, 0.25) is 0 Å². The summed E-state index contributed by atoms with van der Waals surface area (Å²) in [5.74, 6) is -1.68. The SMILES string of the molecule is CC.CC(C)=CCc1c(O)cc(O)c(C(=O)/C=C/c2ccc(O)cc2)c1O. The summed E-state index contributed by atoms with van der Waals surface area (Å²) in [7, 11) is 0. The lowest BCUT2D eigenvalue weighted by molar-refractivity contribution is 0.104. The molecule has 27 heavy (non-hydrogen) atoms. The normalized spacial score (nSPS) is 10.2. The predicted octanol–water partition coefficient (Wildman–Crippen LogP) is 4.94. The standard InChI is InChI=1S/C20H20O5.C2H6/c1-12(2)3-9-15-17(23)11-18(24)19(20(15)25)16(22)10-6-13-4-7-14(21)8-5-13;1-2/h3-8,10-11,21,23-25H,9H2,1-2H3;1-2H3/b10-6+;. The molecule has 4 N–H and O–H groups in total. The van der Waals surface area contributed by atoms with Gasteiger partial charge in [0.25, 0.3) is 0 Å². The Hall–Kier alpha value is -3.21. The zero-order valence-corrected chi connectivity index (χ0v) is 16.0. The highest BCUT2D eigenvalue weighted by Crippen LogP contribution is 2.38. The van der Waals surface area contributed by atoms with Crippen molar-refractivity contribution in [1.29, 1.82) is 0 Å². The molecule has 2 rings (SSSR count). The molecule has 2 aromatic carbocycles. The van der Waals surface area contributed by atoms with Crippen molar-refractivity contribution in [3.05, 3.63) is 64.7 Å². The molecule has 0 atom stereocenters. The van der Waals surface area contributed by atoms with Gasteiger partial charge < -0.3 is 20.4 Å². The highest BCUT2D eigenvalue weighted by molar-refractivity contribution is 6.10. The fourth-order valence-corrected chi connectivity index (χ4v) is 2.27. The van der Waals surface area contributed by atoms with E-state index in [1.165, 1.54) is 24.3 Å². The lowest BCUT2D eigenvalue weighted by Gasteiger charge is -2.11. The summed E-state index contributed by atoms with van der Waals surface area (Å²) in [6, 6.07) is 7.26. The number of ketones is 1. The molecule has 0 aromatic heterocycles. The summed E-state index contributed by atoms with van der Waals surface area (Å²) >= 11 is 0. The van der Waals surface area contributed by atoms with Gasteiger partial charge in [-0.25, -0.2) is 0 Å². The number of rotatable bonds is 5. The molecule has 5 heteroatoms. The molecule has 0 fully saturated rings. The van der Waals surface area contributed by atoms with Crippen LogP contribution >= 0.6 is 0 Å². The van der Waals surface area contributed by atoms with Crippen molar-refractivity contribution in [2.75, 3.05) is 0 Å². The molecular formula is C22H26O5. The Bertz CT molecular complexity index is 842. The maximum Gasteiger partial charge on any atom is 0.193 e.